The molecule has 1 fully saturated rings. The van der Waals surface area contributed by atoms with Gasteiger partial charge in [0.15, 0.2) is 16.6 Å². The fourth-order valence-electron chi connectivity index (χ4n) is 2.63. The third-order valence-corrected chi connectivity index (χ3v) is 4.77. The molecule has 0 saturated carbocycles. The van der Waals surface area contributed by atoms with E-state index >= 15 is 0 Å². The van der Waals surface area contributed by atoms with Crippen molar-refractivity contribution < 1.29 is 0 Å². The molecule has 1 saturated heterocycles. The van der Waals surface area contributed by atoms with Crippen molar-refractivity contribution in [2.75, 3.05) is 36.0 Å². The fraction of sp³-hybridized carbons (Fsp3) is 0.462. The Labute approximate surface area is 131 Å². The highest BCUT2D eigenvalue weighted by molar-refractivity contribution is 7.13. The molecule has 0 amide bonds. The molecular weight excluding hydrogens is 300 g/mol. The smallest absolute Gasteiger partial charge is 0.200 e. The van der Waals surface area contributed by atoms with Gasteiger partial charge in [-0.1, -0.05) is 0 Å². The maximum atomic E-state index is 4.59. The third-order valence-electron chi connectivity index (χ3n) is 3.75. The van der Waals surface area contributed by atoms with Crippen LogP contribution in [0.25, 0.3) is 5.65 Å². The molecule has 0 atom stereocenters. The number of rotatable bonds is 2. The van der Waals surface area contributed by atoms with Gasteiger partial charge in [0.2, 0.25) is 0 Å². The Morgan fingerprint density at radius 1 is 1.09 bits per heavy atom. The Morgan fingerprint density at radius 2 is 1.95 bits per heavy atom. The molecule has 0 aliphatic carbocycles. The van der Waals surface area contributed by atoms with E-state index in [1.807, 2.05) is 19.1 Å². The van der Waals surface area contributed by atoms with Gasteiger partial charge in [0, 0.05) is 31.6 Å². The van der Waals surface area contributed by atoms with Gasteiger partial charge in [-0.2, -0.15) is 0 Å². The predicted octanol–water partition coefficient (Wildman–Crippen LogP) is 1.00. The van der Waals surface area contributed by atoms with Crippen molar-refractivity contribution in [3.63, 3.8) is 0 Å². The molecule has 114 valence electrons. The molecule has 4 heterocycles. The lowest BCUT2D eigenvalue weighted by atomic mass is 10.4. The Kier molecular flexibility index (Phi) is 3.34. The van der Waals surface area contributed by atoms with E-state index in [2.05, 4.69) is 40.8 Å². The van der Waals surface area contributed by atoms with E-state index in [1.54, 1.807) is 11.3 Å². The minimum absolute atomic E-state index is 0.665. The van der Waals surface area contributed by atoms with Crippen LogP contribution in [0.5, 0.6) is 0 Å². The first-order valence-electron chi connectivity index (χ1n) is 7.27. The van der Waals surface area contributed by atoms with Crippen LogP contribution in [-0.2, 0) is 0 Å². The molecule has 0 aromatic carbocycles. The van der Waals surface area contributed by atoms with Crippen molar-refractivity contribution in [2.45, 2.75) is 13.3 Å². The summed E-state index contributed by atoms with van der Waals surface area (Å²) in [5.41, 5.74) is 1.75. The van der Waals surface area contributed by atoms with Crippen LogP contribution in [0.1, 0.15) is 12.1 Å². The van der Waals surface area contributed by atoms with Crippen LogP contribution in [0.4, 0.5) is 10.9 Å². The summed E-state index contributed by atoms with van der Waals surface area (Å²) in [5, 5.41) is 19.1. The second-order valence-electron chi connectivity index (χ2n) is 5.32. The van der Waals surface area contributed by atoms with Crippen molar-refractivity contribution in [3.05, 3.63) is 23.2 Å². The normalized spacial score (nSPS) is 16.2. The number of aromatic nitrogens is 6. The molecule has 9 heteroatoms. The molecule has 3 aromatic rings. The van der Waals surface area contributed by atoms with Crippen molar-refractivity contribution in [1.82, 2.24) is 30.2 Å². The molecule has 8 nitrogen and oxygen atoms in total. The Hall–Kier alpha value is -2.29. The third kappa shape index (κ3) is 2.47. The molecule has 22 heavy (non-hydrogen) atoms. The summed E-state index contributed by atoms with van der Waals surface area (Å²) >= 11 is 1.72. The van der Waals surface area contributed by atoms with Gasteiger partial charge in [0.1, 0.15) is 0 Å². The first-order chi connectivity index (χ1) is 10.8. The molecule has 0 spiro atoms. The number of thiazole rings is 1. The van der Waals surface area contributed by atoms with Gasteiger partial charge >= 0.3 is 0 Å². The maximum Gasteiger partial charge on any atom is 0.200 e. The lowest BCUT2D eigenvalue weighted by molar-refractivity contribution is 0.708. The van der Waals surface area contributed by atoms with E-state index in [9.17, 15) is 0 Å². The maximum absolute atomic E-state index is 4.59. The second kappa shape index (κ2) is 5.48. The first kappa shape index (κ1) is 13.4. The van der Waals surface area contributed by atoms with Crippen LogP contribution < -0.4 is 9.80 Å². The Bertz CT molecular complexity index is 781. The average Bonchev–Trinajstić information content (AvgIpc) is 3.09. The zero-order valence-corrected chi connectivity index (χ0v) is 13.1. The molecule has 3 aromatic heterocycles. The standard InChI is InChI=1S/C13H16N8S/c1-10-9-22-13(14-10)20-6-2-5-19(7-8-20)12-4-3-11-15-17-18-21(11)16-12/h3-4,9H,2,5-8H2,1H3. The zero-order chi connectivity index (χ0) is 14.9. The van der Waals surface area contributed by atoms with Crippen LogP contribution in [0.2, 0.25) is 0 Å². The molecule has 0 bridgehead atoms. The monoisotopic (exact) mass is 316 g/mol. The number of fused-ring (bicyclic) bond motifs is 1. The van der Waals surface area contributed by atoms with Gasteiger partial charge in [-0.15, -0.1) is 26.2 Å². The van der Waals surface area contributed by atoms with E-state index in [0.29, 0.717) is 5.65 Å². The van der Waals surface area contributed by atoms with Gasteiger partial charge < -0.3 is 9.80 Å². The summed E-state index contributed by atoms with van der Waals surface area (Å²) in [4.78, 5) is 9.22. The number of hydrogen-bond acceptors (Lipinski definition) is 8. The quantitative estimate of drug-likeness (QED) is 0.698. The van der Waals surface area contributed by atoms with Gasteiger partial charge in [0.05, 0.1) is 5.69 Å². The van der Waals surface area contributed by atoms with E-state index in [1.165, 1.54) is 4.63 Å². The summed E-state index contributed by atoms with van der Waals surface area (Å²) in [6.07, 6.45) is 1.08. The minimum atomic E-state index is 0.665. The summed E-state index contributed by atoms with van der Waals surface area (Å²) < 4.78 is 1.47. The van der Waals surface area contributed by atoms with Crippen LogP contribution in [0.15, 0.2) is 17.5 Å². The number of aryl methyl sites for hydroxylation is 1. The van der Waals surface area contributed by atoms with E-state index in [4.69, 9.17) is 0 Å². The van der Waals surface area contributed by atoms with E-state index in [-0.39, 0.29) is 0 Å². The molecule has 1 aliphatic heterocycles. The number of anilines is 2. The topological polar surface area (TPSA) is 75.3 Å². The highest BCUT2D eigenvalue weighted by atomic mass is 32.1. The van der Waals surface area contributed by atoms with E-state index < -0.39 is 0 Å². The SMILES string of the molecule is Cc1csc(N2CCCN(c3ccc4nnnn4n3)CC2)n1. The van der Waals surface area contributed by atoms with Crippen molar-refractivity contribution in [2.24, 2.45) is 0 Å². The van der Waals surface area contributed by atoms with Gasteiger partial charge in [0.25, 0.3) is 0 Å². The second-order valence-corrected chi connectivity index (χ2v) is 6.15. The van der Waals surface area contributed by atoms with Crippen LogP contribution >= 0.6 is 11.3 Å². The van der Waals surface area contributed by atoms with Gasteiger partial charge in [-0.05, 0) is 35.9 Å². The predicted molar refractivity (Wildman–Crippen MR) is 84.5 cm³/mol. The van der Waals surface area contributed by atoms with E-state index in [0.717, 1.165) is 49.2 Å². The fourth-order valence-corrected chi connectivity index (χ4v) is 3.49. The average molecular weight is 316 g/mol. The molecule has 0 radical (unpaired) electrons. The van der Waals surface area contributed by atoms with Crippen LogP contribution in [-0.4, -0.2) is 56.4 Å². The Balaban J connectivity index is 1.52. The number of tetrazole rings is 1. The zero-order valence-electron chi connectivity index (χ0n) is 12.3. The summed E-state index contributed by atoms with van der Waals surface area (Å²) in [6, 6.07) is 3.88. The van der Waals surface area contributed by atoms with Crippen LogP contribution in [0, 0.1) is 6.92 Å². The largest absolute Gasteiger partial charge is 0.353 e. The Morgan fingerprint density at radius 3 is 2.82 bits per heavy atom. The van der Waals surface area contributed by atoms with Gasteiger partial charge in [-0.25, -0.2) is 4.98 Å². The molecule has 0 unspecified atom stereocenters. The molecule has 0 N–H and O–H groups in total. The summed E-state index contributed by atoms with van der Waals surface area (Å²) in [6.45, 7) is 5.90. The van der Waals surface area contributed by atoms with Gasteiger partial charge in [-0.3, -0.25) is 0 Å². The molecule has 4 rings (SSSR count). The van der Waals surface area contributed by atoms with Crippen molar-refractivity contribution in [1.29, 1.82) is 0 Å². The molecule has 1 aliphatic rings. The van der Waals surface area contributed by atoms with Crippen molar-refractivity contribution in [3.8, 4) is 0 Å². The van der Waals surface area contributed by atoms with Crippen molar-refractivity contribution >= 4 is 27.9 Å². The highest BCUT2D eigenvalue weighted by Gasteiger charge is 2.18. The number of nitrogens with zero attached hydrogens (tertiary/aromatic N) is 8. The summed E-state index contributed by atoms with van der Waals surface area (Å²) in [7, 11) is 0. The number of hydrogen-bond donors (Lipinski definition) is 0. The van der Waals surface area contributed by atoms with Crippen LogP contribution in [0.3, 0.4) is 0 Å². The lowest BCUT2D eigenvalue weighted by Crippen LogP contribution is -2.31. The highest BCUT2D eigenvalue weighted by Crippen LogP contribution is 2.22. The minimum Gasteiger partial charge on any atom is -0.353 e. The molecular formula is C13H16N8S. The first-order valence-corrected chi connectivity index (χ1v) is 8.15. The summed E-state index contributed by atoms with van der Waals surface area (Å²) in [5.74, 6) is 0.914. The lowest BCUT2D eigenvalue weighted by Gasteiger charge is -2.22.